The number of carbonyl (C=O) groups is 2. The molecule has 0 N–H and O–H groups in total. The van der Waals surface area contributed by atoms with Crippen molar-refractivity contribution in [3.05, 3.63) is 64.2 Å². The highest BCUT2D eigenvalue weighted by molar-refractivity contribution is 6.25. The zero-order chi connectivity index (χ0) is 17.8. The molecule has 1 saturated heterocycles. The number of nitro benzene ring substituents is 1. The van der Waals surface area contributed by atoms with Gasteiger partial charge in [0.05, 0.1) is 16.5 Å². The Bertz CT molecular complexity index is 911. The molecule has 2 aromatic rings. The van der Waals surface area contributed by atoms with Crippen molar-refractivity contribution >= 4 is 23.2 Å². The molecule has 25 heavy (non-hydrogen) atoms. The van der Waals surface area contributed by atoms with Crippen molar-refractivity contribution in [2.24, 2.45) is 5.92 Å². The molecule has 2 amide bonds. The molecule has 2 heterocycles. The first-order valence-electron chi connectivity index (χ1n) is 7.81. The fraction of sp³-hybridized carbons (Fsp3) is 0.222. The largest absolute Gasteiger partial charge is 0.477 e. The van der Waals surface area contributed by atoms with Crippen LogP contribution in [0.2, 0.25) is 0 Å². The summed E-state index contributed by atoms with van der Waals surface area (Å²) in [6.07, 6.45) is 0.224. The summed E-state index contributed by atoms with van der Waals surface area (Å²) in [7, 11) is 0. The number of carbonyl (C=O) groups excluding carboxylic acids is 2. The molecule has 126 valence electrons. The summed E-state index contributed by atoms with van der Waals surface area (Å²) in [6, 6.07) is 12.9. The van der Waals surface area contributed by atoms with Gasteiger partial charge in [0.2, 0.25) is 5.91 Å². The van der Waals surface area contributed by atoms with Crippen molar-refractivity contribution in [1.82, 2.24) is 0 Å². The van der Waals surface area contributed by atoms with Crippen LogP contribution in [0.4, 0.5) is 11.4 Å². The topological polar surface area (TPSA) is 89.8 Å². The molecular weight excluding hydrogens is 324 g/mol. The predicted octanol–water partition coefficient (Wildman–Crippen LogP) is 2.48. The second-order valence-electron chi connectivity index (χ2n) is 6.33. The van der Waals surface area contributed by atoms with E-state index in [1.54, 1.807) is 37.3 Å². The Morgan fingerprint density at radius 2 is 1.92 bits per heavy atom. The second kappa shape index (κ2) is 5.14. The fourth-order valence-corrected chi connectivity index (χ4v) is 3.47. The van der Waals surface area contributed by atoms with Crippen LogP contribution in [0.25, 0.3) is 0 Å². The van der Waals surface area contributed by atoms with Crippen LogP contribution in [0.15, 0.2) is 48.5 Å². The first kappa shape index (κ1) is 15.3. The van der Waals surface area contributed by atoms with E-state index in [0.29, 0.717) is 17.0 Å². The van der Waals surface area contributed by atoms with E-state index < -0.39 is 22.3 Å². The molecule has 2 aliphatic rings. The van der Waals surface area contributed by atoms with Crippen LogP contribution in [0.3, 0.4) is 0 Å². The van der Waals surface area contributed by atoms with Gasteiger partial charge in [0.25, 0.3) is 11.6 Å². The van der Waals surface area contributed by atoms with E-state index in [0.717, 1.165) is 4.90 Å². The molecule has 7 nitrogen and oxygen atoms in total. The maximum atomic E-state index is 12.9. The molecule has 2 unspecified atom stereocenters. The lowest BCUT2D eigenvalue weighted by Gasteiger charge is -2.33. The van der Waals surface area contributed by atoms with E-state index in [9.17, 15) is 19.7 Å². The lowest BCUT2D eigenvalue weighted by atomic mass is 9.83. The summed E-state index contributed by atoms with van der Waals surface area (Å²) in [5, 5.41) is 11.0. The summed E-state index contributed by atoms with van der Waals surface area (Å²) < 4.78 is 5.88. The Morgan fingerprint density at radius 1 is 1.20 bits per heavy atom. The van der Waals surface area contributed by atoms with Gasteiger partial charge in [-0.1, -0.05) is 18.2 Å². The average Bonchev–Trinajstić information content (AvgIpc) is 2.79. The normalized spacial score (nSPS) is 24.5. The number of nitro groups is 1. The molecule has 2 aliphatic heterocycles. The van der Waals surface area contributed by atoms with Crippen LogP contribution >= 0.6 is 0 Å². The Hall–Kier alpha value is -3.22. The summed E-state index contributed by atoms with van der Waals surface area (Å²) >= 11 is 0. The quantitative estimate of drug-likeness (QED) is 0.477. The number of imide groups is 1. The van der Waals surface area contributed by atoms with Gasteiger partial charge in [-0.15, -0.1) is 0 Å². The van der Waals surface area contributed by atoms with E-state index in [2.05, 4.69) is 0 Å². The van der Waals surface area contributed by atoms with Crippen molar-refractivity contribution in [1.29, 1.82) is 0 Å². The number of ether oxygens (including phenoxy) is 1. The molecule has 0 saturated carbocycles. The van der Waals surface area contributed by atoms with Gasteiger partial charge in [-0.3, -0.25) is 19.7 Å². The van der Waals surface area contributed by atoms with Crippen molar-refractivity contribution < 1.29 is 19.2 Å². The summed E-state index contributed by atoms with van der Waals surface area (Å²) in [6.45, 7) is 1.60. The minimum absolute atomic E-state index is 0.0670. The van der Waals surface area contributed by atoms with E-state index in [4.69, 9.17) is 4.74 Å². The molecular formula is C18H14N2O5. The van der Waals surface area contributed by atoms with Gasteiger partial charge < -0.3 is 4.74 Å². The molecule has 0 aromatic heterocycles. The van der Waals surface area contributed by atoms with Gasteiger partial charge in [0.15, 0.2) is 5.60 Å². The third-order valence-corrected chi connectivity index (χ3v) is 4.83. The maximum absolute atomic E-state index is 12.9. The number of benzene rings is 2. The summed E-state index contributed by atoms with van der Waals surface area (Å²) in [5.41, 5.74) is -0.321. The van der Waals surface area contributed by atoms with Crippen molar-refractivity contribution in [2.75, 3.05) is 4.90 Å². The number of anilines is 1. The molecule has 0 bridgehead atoms. The van der Waals surface area contributed by atoms with Crippen LogP contribution < -0.4 is 9.64 Å². The van der Waals surface area contributed by atoms with Crippen molar-refractivity contribution in [3.8, 4) is 5.75 Å². The third kappa shape index (κ3) is 2.12. The number of amides is 2. The van der Waals surface area contributed by atoms with Gasteiger partial charge in [-0.05, 0) is 31.5 Å². The molecule has 2 aromatic carbocycles. The highest BCUT2D eigenvalue weighted by Crippen LogP contribution is 2.45. The van der Waals surface area contributed by atoms with Gasteiger partial charge in [0, 0.05) is 17.7 Å². The number of para-hydroxylation sites is 1. The smallest absolute Gasteiger partial charge is 0.278 e. The van der Waals surface area contributed by atoms with Gasteiger partial charge >= 0.3 is 0 Å². The number of nitrogens with zero attached hydrogens (tertiary/aromatic N) is 2. The van der Waals surface area contributed by atoms with Crippen molar-refractivity contribution in [2.45, 2.75) is 18.9 Å². The SMILES string of the molecule is CC12Oc3ccc([N+](=O)[O-])cc3CC1C(=O)N(c1ccccc1)C2=O. The highest BCUT2D eigenvalue weighted by atomic mass is 16.6. The molecule has 1 fully saturated rings. The molecule has 2 atom stereocenters. The lowest BCUT2D eigenvalue weighted by molar-refractivity contribution is -0.385. The average molecular weight is 338 g/mol. The standard InChI is InChI=1S/C18H14N2O5/c1-18-14(10-11-9-13(20(23)24)7-8-15(11)25-18)16(21)19(17(18)22)12-5-3-2-4-6-12/h2-9,14H,10H2,1H3. The predicted molar refractivity (Wildman–Crippen MR) is 88.3 cm³/mol. The maximum Gasteiger partial charge on any atom is 0.278 e. The monoisotopic (exact) mass is 338 g/mol. The van der Waals surface area contributed by atoms with Crippen LogP contribution in [0, 0.1) is 16.0 Å². The number of non-ortho nitro benzene ring substituents is 1. The Morgan fingerprint density at radius 3 is 2.60 bits per heavy atom. The van der Waals surface area contributed by atoms with Crippen LogP contribution in [0.5, 0.6) is 5.75 Å². The highest BCUT2D eigenvalue weighted by Gasteiger charge is 2.61. The third-order valence-electron chi connectivity index (χ3n) is 4.83. The number of rotatable bonds is 2. The van der Waals surface area contributed by atoms with Crippen LogP contribution in [-0.2, 0) is 16.0 Å². The Balaban J connectivity index is 1.76. The number of hydrogen-bond acceptors (Lipinski definition) is 5. The molecule has 7 heteroatoms. The van der Waals surface area contributed by atoms with Crippen LogP contribution in [0.1, 0.15) is 12.5 Å². The minimum Gasteiger partial charge on any atom is -0.477 e. The van der Waals surface area contributed by atoms with E-state index in [1.807, 2.05) is 0 Å². The first-order valence-corrected chi connectivity index (χ1v) is 7.81. The molecule has 4 rings (SSSR count). The van der Waals surface area contributed by atoms with Gasteiger partial charge in [-0.2, -0.15) is 0 Å². The molecule has 0 radical (unpaired) electrons. The van der Waals surface area contributed by atoms with Crippen LogP contribution in [-0.4, -0.2) is 22.3 Å². The van der Waals surface area contributed by atoms with Crippen molar-refractivity contribution in [3.63, 3.8) is 0 Å². The van der Waals surface area contributed by atoms with Gasteiger partial charge in [0.1, 0.15) is 5.75 Å². The van der Waals surface area contributed by atoms with E-state index >= 15 is 0 Å². The summed E-state index contributed by atoms with van der Waals surface area (Å²) in [5.74, 6) is -1.08. The number of fused-ring (bicyclic) bond motifs is 2. The van der Waals surface area contributed by atoms with E-state index in [1.165, 1.54) is 18.2 Å². The van der Waals surface area contributed by atoms with Gasteiger partial charge in [-0.25, -0.2) is 4.90 Å². The molecule has 0 aliphatic carbocycles. The summed E-state index contributed by atoms with van der Waals surface area (Å²) in [4.78, 5) is 37.4. The molecule has 0 spiro atoms. The Kier molecular flexibility index (Phi) is 3.15. The van der Waals surface area contributed by atoms with E-state index in [-0.39, 0.29) is 18.0 Å². The lowest BCUT2D eigenvalue weighted by Crippen LogP contribution is -2.48. The first-order chi connectivity index (χ1) is 11.9. The second-order valence-corrected chi connectivity index (χ2v) is 6.33. The number of hydrogen-bond donors (Lipinski definition) is 0. The Labute approximate surface area is 143 Å². The fourth-order valence-electron chi connectivity index (χ4n) is 3.47. The zero-order valence-corrected chi connectivity index (χ0v) is 13.3. The minimum atomic E-state index is -1.31. The zero-order valence-electron chi connectivity index (χ0n) is 13.3.